The maximum absolute atomic E-state index is 13.2. The number of piperidine rings is 1. The summed E-state index contributed by atoms with van der Waals surface area (Å²) in [5.74, 6) is -0.236. The first kappa shape index (κ1) is 32.0. The van der Waals surface area contributed by atoms with Gasteiger partial charge >= 0.3 is 0 Å². The van der Waals surface area contributed by atoms with Gasteiger partial charge in [-0.2, -0.15) is 0 Å². The molecule has 2 amide bonds. The number of carbonyl (C=O) groups excluding carboxylic acids is 2. The Kier molecular flexibility index (Phi) is 9.41. The number of hydrogen-bond acceptors (Lipinski definition) is 8. The molecule has 3 aromatic rings. The van der Waals surface area contributed by atoms with Crippen molar-refractivity contribution >= 4 is 38.8 Å². The van der Waals surface area contributed by atoms with Crippen LogP contribution in [0, 0.1) is 12.3 Å². The fraction of sp³-hybridized carbons (Fsp3) is 0.424. The molecule has 3 heterocycles. The van der Waals surface area contributed by atoms with Gasteiger partial charge in [-0.15, -0.1) is 11.3 Å². The Morgan fingerprint density at radius 3 is 2.45 bits per heavy atom. The summed E-state index contributed by atoms with van der Waals surface area (Å²) in [5, 5.41) is 13.6. The summed E-state index contributed by atoms with van der Waals surface area (Å²) in [5.41, 5.74) is 4.59. The van der Waals surface area contributed by atoms with E-state index in [4.69, 9.17) is 10.1 Å². The largest absolute Gasteiger partial charge is 0.366 e. The van der Waals surface area contributed by atoms with Crippen LogP contribution in [0.2, 0.25) is 0 Å². The van der Waals surface area contributed by atoms with Crippen molar-refractivity contribution < 1.29 is 22.7 Å². The summed E-state index contributed by atoms with van der Waals surface area (Å²) in [6.45, 7) is 9.98. The Hall–Kier alpha value is -3.38. The number of rotatable bonds is 8. The fourth-order valence-corrected chi connectivity index (χ4v) is 8.24. The van der Waals surface area contributed by atoms with Crippen LogP contribution in [0.15, 0.2) is 53.4 Å². The second-order valence-electron chi connectivity index (χ2n) is 11.8. The minimum Gasteiger partial charge on any atom is -0.366 e. The minimum absolute atomic E-state index is 0.0521. The van der Waals surface area contributed by atoms with Gasteiger partial charge < -0.3 is 15.4 Å². The van der Waals surface area contributed by atoms with Gasteiger partial charge in [0, 0.05) is 43.5 Å². The van der Waals surface area contributed by atoms with Gasteiger partial charge in [0.05, 0.1) is 21.6 Å². The zero-order valence-electron chi connectivity index (χ0n) is 25.7. The number of likely N-dealkylation sites (tertiary alicyclic amines) is 1. The fourth-order valence-electron chi connectivity index (χ4n) is 6.05. The van der Waals surface area contributed by atoms with Gasteiger partial charge in [-0.25, -0.2) is 8.42 Å². The lowest BCUT2D eigenvalue weighted by Gasteiger charge is -2.45. The van der Waals surface area contributed by atoms with Crippen LogP contribution in [0.5, 0.6) is 0 Å². The maximum atomic E-state index is 13.2. The SMILES string of the molecule is CCS(=O)(=O)c1ccc(CNC(=O)c2cc3c(s2)C2(CCN(Cc4ccc(C(=N)NC(C)=O)cc4C)CC2)O[C@@H](C)C3)cc1. The number of nitrogens with one attached hydrogen (secondary N) is 3. The van der Waals surface area contributed by atoms with Crippen molar-refractivity contribution in [1.29, 1.82) is 5.41 Å². The number of aryl methyl sites for hydroxylation is 1. The Morgan fingerprint density at radius 2 is 1.82 bits per heavy atom. The van der Waals surface area contributed by atoms with Crippen molar-refractivity contribution in [3.05, 3.63) is 86.1 Å². The summed E-state index contributed by atoms with van der Waals surface area (Å²) >= 11 is 1.53. The van der Waals surface area contributed by atoms with E-state index in [1.54, 1.807) is 31.2 Å². The molecule has 0 saturated carbocycles. The third-order valence-electron chi connectivity index (χ3n) is 8.49. The first-order chi connectivity index (χ1) is 20.9. The van der Waals surface area contributed by atoms with Crippen LogP contribution in [-0.4, -0.2) is 55.9 Å². The zero-order valence-corrected chi connectivity index (χ0v) is 27.3. The highest BCUT2D eigenvalue weighted by Crippen LogP contribution is 2.47. The normalized spacial score (nSPS) is 18.0. The van der Waals surface area contributed by atoms with E-state index in [-0.39, 0.29) is 29.5 Å². The first-order valence-corrected chi connectivity index (χ1v) is 17.5. The van der Waals surface area contributed by atoms with Gasteiger partial charge in [-0.1, -0.05) is 31.2 Å². The number of fused-ring (bicyclic) bond motifs is 2. The molecule has 11 heteroatoms. The lowest BCUT2D eigenvalue weighted by atomic mass is 9.84. The molecular weight excluding hydrogens is 597 g/mol. The molecule has 0 unspecified atom stereocenters. The molecule has 0 aliphatic carbocycles. The van der Waals surface area contributed by atoms with Crippen LogP contribution in [0.25, 0.3) is 0 Å². The standard InChI is InChI=1S/C33H40N4O5S2/c1-5-44(40,41)28-10-6-24(7-11-28)19-35-32(39)29-18-27-17-22(3)42-33(30(27)43-29)12-14-37(15-13-33)20-26-9-8-25(16-21(26)2)31(34)36-23(4)38/h6-11,16,18,22H,5,12-15,17,19-20H2,1-4H3,(H,35,39)(H2,34,36,38)/t22-/m0/s1. The monoisotopic (exact) mass is 636 g/mol. The maximum Gasteiger partial charge on any atom is 0.261 e. The average Bonchev–Trinajstić information content (AvgIpc) is 3.43. The summed E-state index contributed by atoms with van der Waals surface area (Å²) in [7, 11) is -3.26. The van der Waals surface area contributed by atoms with Crippen LogP contribution in [0.3, 0.4) is 0 Å². The van der Waals surface area contributed by atoms with Crippen molar-refractivity contribution in [2.45, 2.75) is 76.6 Å². The van der Waals surface area contributed by atoms with Crippen LogP contribution >= 0.6 is 11.3 Å². The molecule has 9 nitrogen and oxygen atoms in total. The quantitative estimate of drug-likeness (QED) is 0.243. The molecule has 1 atom stereocenters. The van der Waals surface area contributed by atoms with Gasteiger partial charge in [0.1, 0.15) is 11.4 Å². The van der Waals surface area contributed by atoms with Crippen molar-refractivity contribution in [2.75, 3.05) is 18.8 Å². The highest BCUT2D eigenvalue weighted by molar-refractivity contribution is 7.91. The molecule has 1 spiro atoms. The van der Waals surface area contributed by atoms with Crippen molar-refractivity contribution in [2.24, 2.45) is 0 Å². The number of benzene rings is 2. The predicted molar refractivity (Wildman–Crippen MR) is 172 cm³/mol. The predicted octanol–water partition coefficient (Wildman–Crippen LogP) is 4.69. The highest BCUT2D eigenvalue weighted by atomic mass is 32.2. The van der Waals surface area contributed by atoms with E-state index in [0.717, 1.165) is 54.9 Å². The molecule has 2 aliphatic heterocycles. The molecule has 44 heavy (non-hydrogen) atoms. The Balaban J connectivity index is 1.23. The molecule has 2 aromatic carbocycles. The van der Waals surface area contributed by atoms with Crippen LogP contribution in [0.4, 0.5) is 0 Å². The molecule has 2 aliphatic rings. The number of ether oxygens (including phenoxy) is 1. The molecule has 3 N–H and O–H groups in total. The lowest BCUT2D eigenvalue weighted by molar-refractivity contribution is -0.131. The number of hydrogen-bond donors (Lipinski definition) is 3. The van der Waals surface area contributed by atoms with E-state index in [1.165, 1.54) is 29.4 Å². The van der Waals surface area contributed by atoms with E-state index < -0.39 is 15.4 Å². The van der Waals surface area contributed by atoms with E-state index >= 15 is 0 Å². The first-order valence-electron chi connectivity index (χ1n) is 15.0. The smallest absolute Gasteiger partial charge is 0.261 e. The summed E-state index contributed by atoms with van der Waals surface area (Å²) in [6.07, 6.45) is 2.51. The number of nitrogens with zero attached hydrogens (tertiary/aromatic N) is 1. The van der Waals surface area contributed by atoms with Gasteiger partial charge in [-0.05, 0) is 79.6 Å². The van der Waals surface area contributed by atoms with Crippen LogP contribution in [0.1, 0.15) is 76.0 Å². The Bertz CT molecular complexity index is 1670. The number of amidine groups is 1. The van der Waals surface area contributed by atoms with E-state index in [9.17, 15) is 18.0 Å². The third kappa shape index (κ3) is 6.96. The van der Waals surface area contributed by atoms with E-state index in [2.05, 4.69) is 22.5 Å². The zero-order chi connectivity index (χ0) is 31.6. The summed E-state index contributed by atoms with van der Waals surface area (Å²) in [4.78, 5) is 29.1. The molecule has 1 saturated heterocycles. The third-order valence-corrected chi connectivity index (χ3v) is 11.6. The van der Waals surface area contributed by atoms with Crippen molar-refractivity contribution in [3.8, 4) is 0 Å². The highest BCUT2D eigenvalue weighted by Gasteiger charge is 2.44. The van der Waals surface area contributed by atoms with Gasteiger partial charge in [0.2, 0.25) is 5.91 Å². The van der Waals surface area contributed by atoms with Crippen LogP contribution < -0.4 is 10.6 Å². The Morgan fingerprint density at radius 1 is 1.11 bits per heavy atom. The molecule has 1 fully saturated rings. The van der Waals surface area contributed by atoms with Gasteiger partial charge in [0.15, 0.2) is 9.84 Å². The average molecular weight is 637 g/mol. The number of thiophene rings is 1. The molecule has 0 radical (unpaired) electrons. The second kappa shape index (κ2) is 12.9. The molecule has 5 rings (SSSR count). The summed E-state index contributed by atoms with van der Waals surface area (Å²) in [6, 6.07) is 14.6. The minimum atomic E-state index is -3.26. The lowest BCUT2D eigenvalue weighted by Crippen LogP contribution is -2.47. The topological polar surface area (TPSA) is 129 Å². The molecule has 234 valence electrons. The van der Waals surface area contributed by atoms with Crippen molar-refractivity contribution in [1.82, 2.24) is 15.5 Å². The molecule has 1 aromatic heterocycles. The number of carbonyl (C=O) groups is 2. The Labute approximate surface area is 263 Å². The second-order valence-corrected chi connectivity index (χ2v) is 15.1. The van der Waals surface area contributed by atoms with E-state index in [1.807, 2.05) is 31.2 Å². The van der Waals surface area contributed by atoms with E-state index in [0.29, 0.717) is 21.9 Å². The van der Waals surface area contributed by atoms with Crippen molar-refractivity contribution in [3.63, 3.8) is 0 Å². The summed E-state index contributed by atoms with van der Waals surface area (Å²) < 4.78 is 30.8. The molecular formula is C33H40N4O5S2. The van der Waals surface area contributed by atoms with Gasteiger partial charge in [0.25, 0.3) is 5.91 Å². The van der Waals surface area contributed by atoms with Gasteiger partial charge in [-0.3, -0.25) is 19.9 Å². The van der Waals surface area contributed by atoms with Crippen LogP contribution in [-0.2, 0) is 44.5 Å². The number of amides is 2. The molecule has 0 bridgehead atoms. The number of sulfone groups is 1.